The average molecular weight is 502 g/mol. The Morgan fingerprint density at radius 1 is 1.08 bits per heavy atom. The van der Waals surface area contributed by atoms with Gasteiger partial charge in [0, 0.05) is 0 Å². The Morgan fingerprint density at radius 3 is 2.21 bits per heavy atom. The van der Waals surface area contributed by atoms with Crippen molar-refractivity contribution in [1.82, 2.24) is 0 Å². The summed E-state index contributed by atoms with van der Waals surface area (Å²) in [5.41, 5.74) is 0. The molecule has 0 radical (unpaired) electrons. The molecule has 1 aliphatic rings. The van der Waals surface area contributed by atoms with Crippen LogP contribution in [0.3, 0.4) is 0 Å². The summed E-state index contributed by atoms with van der Waals surface area (Å²) in [6.07, 6.45) is 4.69. The number of hydrogen-bond acceptors (Lipinski definition) is 3. The molecule has 1 heterocycles. The van der Waals surface area contributed by atoms with Crippen LogP contribution in [0.5, 0.6) is 5.75 Å². The Morgan fingerprint density at radius 2 is 1.67 bits per heavy atom. The number of hydrogen-bond donors (Lipinski definition) is 0. The second-order valence-electron chi connectivity index (χ2n) is 6.18. The van der Waals surface area contributed by atoms with Gasteiger partial charge in [0.2, 0.25) is 0 Å². The van der Waals surface area contributed by atoms with Crippen molar-refractivity contribution >= 4 is 54.0 Å². The van der Waals surface area contributed by atoms with E-state index in [2.05, 4.69) is 13.8 Å². The van der Waals surface area contributed by atoms with E-state index in [-0.39, 0.29) is 6.10 Å². The van der Waals surface area contributed by atoms with E-state index in [1.165, 1.54) is 25.7 Å². The Labute approximate surface area is 164 Å². The molecule has 1 saturated heterocycles. The zero-order chi connectivity index (χ0) is 17.6. The molecule has 2 rings (SSSR count). The van der Waals surface area contributed by atoms with Gasteiger partial charge in [-0.1, -0.05) is 0 Å². The van der Waals surface area contributed by atoms with Gasteiger partial charge in [-0.05, 0) is 0 Å². The Balaban J connectivity index is 1.94. The predicted molar refractivity (Wildman–Crippen MR) is 103 cm³/mol. The summed E-state index contributed by atoms with van der Waals surface area (Å²) in [6.45, 7) is 5.43. The third-order valence-electron chi connectivity index (χ3n) is 4.11. The molecule has 3 nitrogen and oxygen atoms in total. The minimum absolute atomic E-state index is 0.0303. The second kappa shape index (κ2) is 10.1. The van der Waals surface area contributed by atoms with E-state index in [0.717, 1.165) is 8.87 Å². The van der Waals surface area contributed by atoms with Crippen molar-refractivity contribution in [3.05, 3.63) is 27.2 Å². The molecule has 1 aliphatic heterocycles. The second-order valence-corrected chi connectivity index (χ2v) is 17.0. The van der Waals surface area contributed by atoms with Gasteiger partial charge in [-0.15, -0.1) is 0 Å². The van der Waals surface area contributed by atoms with E-state index < -0.39 is 19.2 Å². The number of benzene rings is 1. The molecule has 1 fully saturated rings. The first-order valence-corrected chi connectivity index (χ1v) is 16.1. The van der Waals surface area contributed by atoms with E-state index in [4.69, 9.17) is 45.7 Å². The molecule has 0 aromatic heterocycles. The van der Waals surface area contributed by atoms with Gasteiger partial charge >= 0.3 is 166 Å². The summed E-state index contributed by atoms with van der Waals surface area (Å²) >= 11 is 15.3. The van der Waals surface area contributed by atoms with Crippen molar-refractivity contribution in [3.8, 4) is 5.75 Å². The fourth-order valence-electron chi connectivity index (χ4n) is 2.82. The van der Waals surface area contributed by atoms with Gasteiger partial charge in [0.05, 0.1) is 0 Å². The third-order valence-corrected chi connectivity index (χ3v) is 15.4. The molecule has 0 spiro atoms. The van der Waals surface area contributed by atoms with Gasteiger partial charge < -0.3 is 0 Å². The molecule has 24 heavy (non-hydrogen) atoms. The molecule has 0 saturated carbocycles. The summed E-state index contributed by atoms with van der Waals surface area (Å²) in [7, 11) is 0. The maximum atomic E-state index is 6.43. The molecular formula is C17H25Cl3O3Sn. The monoisotopic (exact) mass is 502 g/mol. The molecule has 0 unspecified atom stereocenters. The number of rotatable bonds is 9. The van der Waals surface area contributed by atoms with Gasteiger partial charge in [0.1, 0.15) is 0 Å². The molecule has 1 aromatic rings. The Kier molecular flexibility index (Phi) is 8.78. The van der Waals surface area contributed by atoms with Gasteiger partial charge in [-0.25, -0.2) is 0 Å². The average Bonchev–Trinajstić information content (AvgIpc) is 2.94. The van der Waals surface area contributed by atoms with Crippen LogP contribution < -0.4 is 4.74 Å². The molecule has 1 atom stereocenters. The van der Waals surface area contributed by atoms with Crippen LogP contribution >= 0.6 is 34.8 Å². The quantitative estimate of drug-likeness (QED) is 0.362. The van der Waals surface area contributed by atoms with E-state index >= 15 is 0 Å². The van der Waals surface area contributed by atoms with Gasteiger partial charge in [-0.2, -0.15) is 0 Å². The van der Waals surface area contributed by atoms with E-state index in [1.54, 1.807) is 12.1 Å². The van der Waals surface area contributed by atoms with Crippen molar-refractivity contribution in [3.63, 3.8) is 0 Å². The fourth-order valence-corrected chi connectivity index (χ4v) is 14.8. The van der Waals surface area contributed by atoms with Crippen LogP contribution in [0.1, 0.15) is 39.5 Å². The van der Waals surface area contributed by atoms with Gasteiger partial charge in [0.25, 0.3) is 0 Å². The number of unbranched alkanes of at least 4 members (excludes halogenated alkanes) is 2. The first-order chi connectivity index (χ1) is 11.5. The van der Waals surface area contributed by atoms with Crippen molar-refractivity contribution < 1.29 is 10.9 Å². The van der Waals surface area contributed by atoms with E-state index in [0.29, 0.717) is 34.0 Å². The van der Waals surface area contributed by atoms with Gasteiger partial charge in [0.15, 0.2) is 0 Å². The van der Waals surface area contributed by atoms with Crippen molar-refractivity contribution in [1.29, 1.82) is 0 Å². The summed E-state index contributed by atoms with van der Waals surface area (Å²) in [5.74, 6) is 0.459. The maximum absolute atomic E-state index is 6.43. The fraction of sp³-hybridized carbons (Fsp3) is 0.647. The Hall–Kier alpha value is 0.609. The van der Waals surface area contributed by atoms with Crippen molar-refractivity contribution in [2.75, 3.05) is 13.2 Å². The van der Waals surface area contributed by atoms with Crippen LogP contribution in [-0.2, 0) is 6.15 Å². The third kappa shape index (κ3) is 5.81. The summed E-state index contributed by atoms with van der Waals surface area (Å²) in [4.78, 5) is 0. The summed E-state index contributed by atoms with van der Waals surface area (Å²) in [6, 6.07) is 3.25. The van der Waals surface area contributed by atoms with Crippen molar-refractivity contribution in [2.24, 2.45) is 0 Å². The van der Waals surface area contributed by atoms with Gasteiger partial charge in [-0.3, -0.25) is 0 Å². The predicted octanol–water partition coefficient (Wildman–Crippen LogP) is 6.48. The minimum atomic E-state index is -2.91. The van der Waals surface area contributed by atoms with Crippen LogP contribution in [0.4, 0.5) is 0 Å². The van der Waals surface area contributed by atoms with E-state index in [9.17, 15) is 0 Å². The zero-order valence-electron chi connectivity index (χ0n) is 14.2. The van der Waals surface area contributed by atoms with Crippen molar-refractivity contribution in [2.45, 2.75) is 54.5 Å². The van der Waals surface area contributed by atoms with Crippen LogP contribution in [-0.4, -0.2) is 38.5 Å². The summed E-state index contributed by atoms with van der Waals surface area (Å²) < 4.78 is 20.7. The van der Waals surface area contributed by atoms with Crippen LogP contribution in [0.15, 0.2) is 12.1 Å². The molecular weight excluding hydrogens is 477 g/mol. The Bertz CT molecular complexity index is 511. The first-order valence-electron chi connectivity index (χ1n) is 8.58. The summed E-state index contributed by atoms with van der Waals surface area (Å²) in [5, 5.41) is 1.32. The number of halogens is 3. The molecule has 1 aromatic carbocycles. The van der Waals surface area contributed by atoms with Crippen LogP contribution in [0.2, 0.25) is 23.9 Å². The van der Waals surface area contributed by atoms with Crippen LogP contribution in [0, 0.1) is 0 Å². The molecule has 0 bridgehead atoms. The SMILES string of the molecule is CCC[CH2][Sn]1([CH2]CCC)[O]C[C@@H](COc2c(Cl)cc(Cl)cc2Cl)[O]1. The van der Waals surface area contributed by atoms with E-state index in [1.807, 2.05) is 0 Å². The molecule has 0 N–H and O–H groups in total. The molecule has 0 aliphatic carbocycles. The van der Waals surface area contributed by atoms with Crippen LogP contribution in [0.25, 0.3) is 0 Å². The molecule has 7 heteroatoms. The molecule has 0 amide bonds. The first kappa shape index (κ1) is 20.9. The molecule has 136 valence electrons. The number of ether oxygens (including phenoxy) is 1. The standard InChI is InChI=1S/C9H7Cl3O3.2C4H9.Sn/c10-5-1-7(11)9(8(12)2-5)15-4-6(14)3-13;2*1-3-4-2;/h1-2,6H,3-4H2;2*1,3-4H2,2H3;/q-2;;;+2/t6-;;;/m0.../s1. The zero-order valence-corrected chi connectivity index (χ0v) is 19.4. The topological polar surface area (TPSA) is 27.7 Å². The normalized spacial score (nSPS) is 19.6.